The third kappa shape index (κ3) is 4.65. The molecular formula is C12H25NO2. The summed E-state index contributed by atoms with van der Waals surface area (Å²) in [5, 5.41) is 0. The maximum absolute atomic E-state index is 11.4. The van der Waals surface area contributed by atoms with Gasteiger partial charge in [0.25, 0.3) is 0 Å². The van der Waals surface area contributed by atoms with E-state index in [0.29, 0.717) is 12.1 Å². The smallest absolute Gasteiger partial charge is 0.219 e. The number of hydrogen-bond donors (Lipinski definition) is 0. The Morgan fingerprint density at radius 2 is 1.73 bits per heavy atom. The van der Waals surface area contributed by atoms with Crippen LogP contribution in [-0.2, 0) is 9.53 Å². The van der Waals surface area contributed by atoms with Gasteiger partial charge in [0.2, 0.25) is 5.91 Å². The second-order valence-electron chi connectivity index (χ2n) is 3.86. The molecule has 0 atom stereocenters. The first-order chi connectivity index (χ1) is 7.13. The quantitative estimate of drug-likeness (QED) is 0.708. The van der Waals surface area contributed by atoms with Crippen molar-refractivity contribution in [2.45, 2.75) is 59.5 Å². The van der Waals surface area contributed by atoms with Crippen LogP contribution >= 0.6 is 0 Å². The molecule has 1 rings (SSSR count). The zero-order valence-corrected chi connectivity index (χ0v) is 10.7. The molecule has 3 heteroatoms. The number of hydrogen-bond acceptors (Lipinski definition) is 2. The molecule has 1 amide bonds. The molecule has 3 nitrogen and oxygen atoms in total. The van der Waals surface area contributed by atoms with Gasteiger partial charge >= 0.3 is 0 Å². The lowest BCUT2D eigenvalue weighted by atomic mass is 10.1. The maximum Gasteiger partial charge on any atom is 0.219 e. The highest BCUT2D eigenvalue weighted by molar-refractivity contribution is 5.73. The fourth-order valence-electron chi connectivity index (χ4n) is 2.01. The summed E-state index contributed by atoms with van der Waals surface area (Å²) in [4.78, 5) is 13.3. The summed E-state index contributed by atoms with van der Waals surface area (Å²) in [6, 6.07) is 0.701. The van der Waals surface area contributed by atoms with Crippen LogP contribution in [0.2, 0.25) is 0 Å². The van der Waals surface area contributed by atoms with E-state index in [9.17, 15) is 4.79 Å². The first-order valence-electron chi connectivity index (χ1n) is 5.99. The lowest BCUT2D eigenvalue weighted by Gasteiger charge is -2.36. The van der Waals surface area contributed by atoms with Crippen molar-refractivity contribution in [3.63, 3.8) is 0 Å². The Morgan fingerprint density at radius 3 is 2.07 bits per heavy atom. The number of carbonyl (C=O) groups excluding carboxylic acids is 1. The fourth-order valence-corrected chi connectivity index (χ4v) is 2.01. The van der Waals surface area contributed by atoms with Crippen molar-refractivity contribution in [3.05, 3.63) is 0 Å². The molecule has 0 aromatic heterocycles. The summed E-state index contributed by atoms with van der Waals surface area (Å²) >= 11 is 0. The zero-order chi connectivity index (χ0) is 11.8. The summed E-state index contributed by atoms with van der Waals surface area (Å²) in [7, 11) is 0. The van der Waals surface area contributed by atoms with E-state index < -0.39 is 0 Å². The van der Waals surface area contributed by atoms with E-state index in [4.69, 9.17) is 4.74 Å². The van der Waals surface area contributed by atoms with E-state index in [-0.39, 0.29) is 5.91 Å². The van der Waals surface area contributed by atoms with Crippen molar-refractivity contribution in [1.29, 1.82) is 0 Å². The molecule has 1 aliphatic heterocycles. The van der Waals surface area contributed by atoms with Crippen molar-refractivity contribution in [3.8, 4) is 0 Å². The number of nitrogens with zero attached hydrogens (tertiary/aromatic N) is 1. The van der Waals surface area contributed by atoms with Crippen LogP contribution in [0.15, 0.2) is 0 Å². The van der Waals surface area contributed by atoms with Gasteiger partial charge in [-0.2, -0.15) is 0 Å². The van der Waals surface area contributed by atoms with Crippen molar-refractivity contribution < 1.29 is 9.53 Å². The molecule has 1 aliphatic rings. The maximum atomic E-state index is 11.4. The Morgan fingerprint density at radius 1 is 1.27 bits per heavy atom. The van der Waals surface area contributed by atoms with Crippen LogP contribution in [0, 0.1) is 0 Å². The van der Waals surface area contributed by atoms with Gasteiger partial charge in [-0.25, -0.2) is 0 Å². The van der Waals surface area contributed by atoms with E-state index >= 15 is 0 Å². The topological polar surface area (TPSA) is 29.5 Å². The molecule has 0 radical (unpaired) electrons. The minimum absolute atomic E-state index is 0.182. The van der Waals surface area contributed by atoms with Gasteiger partial charge in [0.1, 0.15) is 0 Å². The average Bonchev–Trinajstić information content (AvgIpc) is 2.21. The van der Waals surface area contributed by atoms with Gasteiger partial charge in [0.15, 0.2) is 0 Å². The van der Waals surface area contributed by atoms with Crippen LogP contribution in [0.4, 0.5) is 0 Å². The zero-order valence-electron chi connectivity index (χ0n) is 10.7. The monoisotopic (exact) mass is 215 g/mol. The van der Waals surface area contributed by atoms with E-state index in [0.717, 1.165) is 26.1 Å². The second-order valence-corrected chi connectivity index (χ2v) is 3.86. The van der Waals surface area contributed by atoms with E-state index in [1.54, 1.807) is 6.92 Å². The van der Waals surface area contributed by atoms with Gasteiger partial charge in [-0.3, -0.25) is 4.79 Å². The molecule has 15 heavy (non-hydrogen) atoms. The Balaban J connectivity index is 0.000000921. The van der Waals surface area contributed by atoms with E-state index in [2.05, 4.69) is 13.8 Å². The Hall–Kier alpha value is -0.570. The molecule has 1 heterocycles. The van der Waals surface area contributed by atoms with Gasteiger partial charge in [-0.05, 0) is 26.7 Å². The fraction of sp³-hybridized carbons (Fsp3) is 0.917. The minimum atomic E-state index is 0.182. The highest BCUT2D eigenvalue weighted by atomic mass is 16.5. The summed E-state index contributed by atoms with van der Waals surface area (Å²) < 4.78 is 5.27. The lowest BCUT2D eigenvalue weighted by Crippen LogP contribution is -2.46. The summed E-state index contributed by atoms with van der Waals surface area (Å²) in [6.45, 7) is 11.4. The van der Waals surface area contributed by atoms with Crippen LogP contribution in [0.3, 0.4) is 0 Å². The van der Waals surface area contributed by atoms with Gasteiger partial charge in [-0.15, -0.1) is 0 Å². The van der Waals surface area contributed by atoms with E-state index in [1.165, 1.54) is 0 Å². The summed E-state index contributed by atoms with van der Waals surface area (Å²) in [5.41, 5.74) is 0. The first-order valence-corrected chi connectivity index (χ1v) is 5.99. The molecule has 90 valence electrons. The van der Waals surface area contributed by atoms with E-state index in [1.807, 2.05) is 18.7 Å². The third-order valence-corrected chi connectivity index (χ3v) is 2.50. The number of carbonyl (C=O) groups is 1. The second kappa shape index (κ2) is 7.69. The summed E-state index contributed by atoms with van der Waals surface area (Å²) in [5.74, 6) is 0.182. The minimum Gasteiger partial charge on any atom is -0.381 e. The van der Waals surface area contributed by atoms with Crippen molar-refractivity contribution in [2.24, 2.45) is 0 Å². The van der Waals surface area contributed by atoms with Crippen molar-refractivity contribution in [1.82, 2.24) is 4.90 Å². The molecule has 0 N–H and O–H groups in total. The van der Waals surface area contributed by atoms with Gasteiger partial charge < -0.3 is 9.64 Å². The highest BCUT2D eigenvalue weighted by Crippen LogP contribution is 2.17. The molecule has 0 spiro atoms. The third-order valence-electron chi connectivity index (χ3n) is 2.50. The normalized spacial score (nSPS) is 16.9. The van der Waals surface area contributed by atoms with Crippen molar-refractivity contribution >= 4 is 5.91 Å². The number of rotatable bonds is 2. The Bertz CT molecular complexity index is 174. The van der Waals surface area contributed by atoms with Crippen LogP contribution in [0.1, 0.15) is 47.5 Å². The molecule has 0 aliphatic carbocycles. The largest absolute Gasteiger partial charge is 0.381 e. The Kier molecular flexibility index (Phi) is 7.39. The average molecular weight is 215 g/mol. The molecule has 0 aromatic carbocycles. The molecule has 0 bridgehead atoms. The predicted octanol–water partition coefficient (Wildman–Crippen LogP) is 2.45. The molecule has 0 aromatic rings. The number of amides is 1. The highest BCUT2D eigenvalue weighted by Gasteiger charge is 2.25. The standard InChI is InChI=1S/C10H19NO2.C2H6/c1-8(2)11(9(3)12)10-4-6-13-7-5-10;1-2/h8,10H,4-7H2,1-3H3;1-2H3. The van der Waals surface area contributed by atoms with Crippen LogP contribution in [-0.4, -0.2) is 36.1 Å². The molecule has 0 saturated carbocycles. The Labute approximate surface area is 93.8 Å². The van der Waals surface area contributed by atoms with Gasteiger partial charge in [0, 0.05) is 32.2 Å². The first kappa shape index (κ1) is 14.4. The molecule has 1 fully saturated rings. The summed E-state index contributed by atoms with van der Waals surface area (Å²) in [6.07, 6.45) is 1.97. The SMILES string of the molecule is CC.CC(=O)N(C(C)C)C1CCOCC1. The van der Waals surface area contributed by atoms with Gasteiger partial charge in [-0.1, -0.05) is 13.8 Å². The molecular weight excluding hydrogens is 190 g/mol. The van der Waals surface area contributed by atoms with Crippen LogP contribution in [0.25, 0.3) is 0 Å². The number of ether oxygens (including phenoxy) is 1. The molecule has 1 saturated heterocycles. The van der Waals surface area contributed by atoms with Gasteiger partial charge in [0.05, 0.1) is 0 Å². The van der Waals surface area contributed by atoms with Crippen LogP contribution in [0.5, 0.6) is 0 Å². The molecule has 0 unspecified atom stereocenters. The predicted molar refractivity (Wildman–Crippen MR) is 62.8 cm³/mol. The van der Waals surface area contributed by atoms with Crippen molar-refractivity contribution in [2.75, 3.05) is 13.2 Å². The lowest BCUT2D eigenvalue weighted by molar-refractivity contribution is -0.135. The van der Waals surface area contributed by atoms with Crippen LogP contribution < -0.4 is 0 Å².